The first-order valence-corrected chi connectivity index (χ1v) is 5.28. The zero-order chi connectivity index (χ0) is 9.68. The average Bonchev–Trinajstić information content (AvgIpc) is 2.15. The molecule has 0 heterocycles. The molecule has 2 atom stereocenters. The van der Waals surface area contributed by atoms with Crippen LogP contribution in [0.2, 0.25) is 0 Å². The molecule has 1 aliphatic carbocycles. The van der Waals surface area contributed by atoms with Crippen molar-refractivity contribution in [3.05, 3.63) is 12.2 Å². The first-order chi connectivity index (χ1) is 6.20. The fourth-order valence-electron chi connectivity index (χ4n) is 1.49. The number of aliphatic hydroxyl groups is 1. The lowest BCUT2D eigenvalue weighted by atomic mass is 10.0. The number of hydrogen-bond acceptors (Lipinski definition) is 2. The van der Waals surface area contributed by atoms with Crippen LogP contribution in [0.3, 0.4) is 0 Å². The highest BCUT2D eigenvalue weighted by molar-refractivity contribution is 4.97. The fraction of sp³-hybridized carbons (Fsp3) is 0.818. The maximum absolute atomic E-state index is 9.57. The van der Waals surface area contributed by atoms with Gasteiger partial charge >= 0.3 is 0 Å². The van der Waals surface area contributed by atoms with Crippen LogP contribution < -0.4 is 5.32 Å². The molecule has 0 saturated carbocycles. The summed E-state index contributed by atoms with van der Waals surface area (Å²) < 4.78 is 0. The Hall–Kier alpha value is -0.340. The van der Waals surface area contributed by atoms with Crippen molar-refractivity contribution in [2.24, 2.45) is 5.92 Å². The second kappa shape index (κ2) is 5.40. The van der Waals surface area contributed by atoms with Crippen LogP contribution in [0.1, 0.15) is 33.1 Å². The van der Waals surface area contributed by atoms with E-state index in [2.05, 4.69) is 17.5 Å². The SMILES string of the molecule is CC(C)C(O)CNC1C=CCCC1. The zero-order valence-corrected chi connectivity index (χ0v) is 8.66. The number of nitrogens with one attached hydrogen (secondary N) is 1. The van der Waals surface area contributed by atoms with Gasteiger partial charge in [-0.15, -0.1) is 0 Å². The second-order valence-electron chi connectivity index (χ2n) is 4.19. The molecule has 0 saturated heterocycles. The van der Waals surface area contributed by atoms with Crippen molar-refractivity contribution in [3.8, 4) is 0 Å². The van der Waals surface area contributed by atoms with Crippen molar-refractivity contribution in [1.82, 2.24) is 5.32 Å². The van der Waals surface area contributed by atoms with Gasteiger partial charge in [-0.2, -0.15) is 0 Å². The summed E-state index contributed by atoms with van der Waals surface area (Å²) in [5, 5.41) is 12.9. The van der Waals surface area contributed by atoms with E-state index in [-0.39, 0.29) is 6.10 Å². The largest absolute Gasteiger partial charge is 0.392 e. The lowest BCUT2D eigenvalue weighted by Crippen LogP contribution is -2.37. The Balaban J connectivity index is 2.17. The molecule has 0 bridgehead atoms. The maximum Gasteiger partial charge on any atom is 0.0687 e. The molecule has 0 aromatic carbocycles. The van der Waals surface area contributed by atoms with Crippen LogP contribution in [0, 0.1) is 5.92 Å². The molecule has 0 aliphatic heterocycles. The maximum atomic E-state index is 9.57. The Kier molecular flexibility index (Phi) is 4.46. The molecular weight excluding hydrogens is 162 g/mol. The highest BCUT2D eigenvalue weighted by Gasteiger charge is 2.12. The number of aliphatic hydroxyl groups excluding tert-OH is 1. The molecule has 76 valence electrons. The first-order valence-electron chi connectivity index (χ1n) is 5.28. The van der Waals surface area contributed by atoms with Crippen molar-refractivity contribution in [2.75, 3.05) is 6.54 Å². The minimum absolute atomic E-state index is 0.213. The van der Waals surface area contributed by atoms with Crippen LogP contribution in [0.4, 0.5) is 0 Å². The van der Waals surface area contributed by atoms with E-state index in [0.717, 1.165) is 0 Å². The van der Waals surface area contributed by atoms with E-state index in [0.29, 0.717) is 18.5 Å². The molecule has 2 unspecified atom stereocenters. The Morgan fingerprint density at radius 2 is 2.31 bits per heavy atom. The molecule has 1 rings (SSSR count). The third-order valence-corrected chi connectivity index (χ3v) is 2.61. The van der Waals surface area contributed by atoms with Crippen molar-refractivity contribution < 1.29 is 5.11 Å². The van der Waals surface area contributed by atoms with Gasteiger partial charge in [-0.25, -0.2) is 0 Å². The molecular formula is C11H21NO. The molecule has 0 spiro atoms. The molecule has 13 heavy (non-hydrogen) atoms. The summed E-state index contributed by atoms with van der Waals surface area (Å²) in [5.41, 5.74) is 0. The topological polar surface area (TPSA) is 32.3 Å². The first kappa shape index (κ1) is 10.7. The van der Waals surface area contributed by atoms with Crippen LogP contribution in [0.5, 0.6) is 0 Å². The summed E-state index contributed by atoms with van der Waals surface area (Å²) in [7, 11) is 0. The zero-order valence-electron chi connectivity index (χ0n) is 8.66. The van der Waals surface area contributed by atoms with Crippen LogP contribution in [0.15, 0.2) is 12.2 Å². The number of allylic oxidation sites excluding steroid dienone is 1. The van der Waals surface area contributed by atoms with Crippen LogP contribution in [-0.2, 0) is 0 Å². The lowest BCUT2D eigenvalue weighted by Gasteiger charge is -2.21. The van der Waals surface area contributed by atoms with E-state index in [1.54, 1.807) is 0 Å². The van der Waals surface area contributed by atoms with Crippen LogP contribution in [-0.4, -0.2) is 23.8 Å². The fourth-order valence-corrected chi connectivity index (χ4v) is 1.49. The van der Waals surface area contributed by atoms with Crippen molar-refractivity contribution in [1.29, 1.82) is 0 Å². The Morgan fingerprint density at radius 3 is 2.85 bits per heavy atom. The quantitative estimate of drug-likeness (QED) is 0.650. The molecule has 2 heteroatoms. The smallest absolute Gasteiger partial charge is 0.0687 e. The van der Waals surface area contributed by atoms with Crippen LogP contribution >= 0.6 is 0 Å². The van der Waals surface area contributed by atoms with E-state index in [9.17, 15) is 5.11 Å². The third kappa shape index (κ3) is 3.92. The van der Waals surface area contributed by atoms with Gasteiger partial charge in [0.2, 0.25) is 0 Å². The van der Waals surface area contributed by atoms with Gasteiger partial charge in [0.25, 0.3) is 0 Å². The summed E-state index contributed by atoms with van der Waals surface area (Å²) in [6.45, 7) is 4.80. The van der Waals surface area contributed by atoms with E-state index in [1.807, 2.05) is 13.8 Å². The van der Waals surface area contributed by atoms with Gasteiger partial charge in [-0.3, -0.25) is 0 Å². The predicted molar refractivity (Wildman–Crippen MR) is 55.6 cm³/mol. The summed E-state index contributed by atoms with van der Waals surface area (Å²) in [4.78, 5) is 0. The van der Waals surface area contributed by atoms with Crippen molar-refractivity contribution >= 4 is 0 Å². The Labute approximate surface area is 81.0 Å². The molecule has 0 amide bonds. The third-order valence-electron chi connectivity index (χ3n) is 2.61. The molecule has 2 N–H and O–H groups in total. The minimum Gasteiger partial charge on any atom is -0.392 e. The second-order valence-corrected chi connectivity index (χ2v) is 4.19. The van der Waals surface area contributed by atoms with Gasteiger partial charge in [0.1, 0.15) is 0 Å². The standard InChI is InChI=1S/C11H21NO/c1-9(2)11(13)8-12-10-6-4-3-5-7-10/h4,6,9-13H,3,5,7-8H2,1-2H3. The highest BCUT2D eigenvalue weighted by atomic mass is 16.3. The number of rotatable bonds is 4. The number of hydrogen-bond donors (Lipinski definition) is 2. The monoisotopic (exact) mass is 183 g/mol. The summed E-state index contributed by atoms with van der Waals surface area (Å²) >= 11 is 0. The Morgan fingerprint density at radius 1 is 1.54 bits per heavy atom. The molecule has 2 nitrogen and oxygen atoms in total. The van der Waals surface area contributed by atoms with Gasteiger partial charge in [-0.1, -0.05) is 26.0 Å². The molecule has 0 aromatic heterocycles. The van der Waals surface area contributed by atoms with Gasteiger partial charge in [0, 0.05) is 12.6 Å². The van der Waals surface area contributed by atoms with Gasteiger partial charge in [0.05, 0.1) is 6.10 Å². The highest BCUT2D eigenvalue weighted by Crippen LogP contribution is 2.10. The van der Waals surface area contributed by atoms with E-state index >= 15 is 0 Å². The minimum atomic E-state index is -0.213. The predicted octanol–water partition coefficient (Wildman–Crippen LogP) is 1.70. The van der Waals surface area contributed by atoms with Gasteiger partial charge in [-0.05, 0) is 25.2 Å². The average molecular weight is 183 g/mol. The molecule has 0 aromatic rings. The van der Waals surface area contributed by atoms with Crippen molar-refractivity contribution in [3.63, 3.8) is 0 Å². The van der Waals surface area contributed by atoms with E-state index in [4.69, 9.17) is 0 Å². The summed E-state index contributed by atoms with van der Waals surface area (Å²) in [5.74, 6) is 0.347. The Bertz CT molecular complexity index is 165. The normalized spacial score (nSPS) is 25.1. The van der Waals surface area contributed by atoms with Gasteiger partial charge in [0.15, 0.2) is 0 Å². The molecule has 1 aliphatic rings. The summed E-state index contributed by atoms with van der Waals surface area (Å²) in [6.07, 6.45) is 7.92. The van der Waals surface area contributed by atoms with E-state index < -0.39 is 0 Å². The summed E-state index contributed by atoms with van der Waals surface area (Å²) in [6, 6.07) is 0.488. The van der Waals surface area contributed by atoms with Gasteiger partial charge < -0.3 is 10.4 Å². The lowest BCUT2D eigenvalue weighted by molar-refractivity contribution is 0.121. The molecule has 0 radical (unpaired) electrons. The van der Waals surface area contributed by atoms with Crippen molar-refractivity contribution in [2.45, 2.75) is 45.3 Å². The van der Waals surface area contributed by atoms with Crippen LogP contribution in [0.25, 0.3) is 0 Å². The van der Waals surface area contributed by atoms with E-state index in [1.165, 1.54) is 19.3 Å². The molecule has 0 fully saturated rings.